The maximum atomic E-state index is 4.47. The highest BCUT2D eigenvalue weighted by Crippen LogP contribution is 2.10. The van der Waals surface area contributed by atoms with Crippen LogP contribution in [0, 0.1) is 0 Å². The van der Waals surface area contributed by atoms with Gasteiger partial charge in [0.25, 0.3) is 0 Å². The molecule has 0 fully saturated rings. The minimum Gasteiger partial charge on any atom is -0.310 e. The van der Waals surface area contributed by atoms with Gasteiger partial charge in [0.2, 0.25) is 0 Å². The van der Waals surface area contributed by atoms with E-state index in [0.717, 1.165) is 25.5 Å². The van der Waals surface area contributed by atoms with Crippen molar-refractivity contribution in [2.24, 2.45) is 0 Å². The first kappa shape index (κ1) is 18.1. The predicted molar refractivity (Wildman–Crippen MR) is 89.2 cm³/mol. The number of aryl methyl sites for hydroxylation is 1. The molecule has 0 atom stereocenters. The van der Waals surface area contributed by atoms with Gasteiger partial charge in [-0.05, 0) is 13.0 Å². The minimum atomic E-state index is 0.779. The van der Waals surface area contributed by atoms with Crippen LogP contribution >= 0.6 is 0 Å². The third-order valence-corrected chi connectivity index (χ3v) is 3.86. The Kier molecular flexibility index (Phi) is 11.1. The van der Waals surface area contributed by atoms with Crippen molar-refractivity contribution < 1.29 is 0 Å². The molecule has 0 unspecified atom stereocenters. The molecule has 1 heterocycles. The zero-order valence-electron chi connectivity index (χ0n) is 14.1. The molecule has 1 aromatic rings. The number of rotatable bonds is 14. The fraction of sp³-hybridized carbons (Fsp3) is 0.882. The lowest BCUT2D eigenvalue weighted by Gasteiger charge is -2.02. The van der Waals surface area contributed by atoms with Crippen molar-refractivity contribution in [2.45, 2.75) is 91.1 Å². The van der Waals surface area contributed by atoms with Crippen molar-refractivity contribution in [1.82, 2.24) is 20.1 Å². The summed E-state index contributed by atoms with van der Waals surface area (Å²) in [6.45, 7) is 7.13. The summed E-state index contributed by atoms with van der Waals surface area (Å²) in [6, 6.07) is 0. The lowest BCUT2D eigenvalue weighted by Crippen LogP contribution is -2.13. The normalized spacial score (nSPS) is 11.1. The summed E-state index contributed by atoms with van der Waals surface area (Å²) >= 11 is 0. The molecule has 0 saturated carbocycles. The van der Waals surface area contributed by atoms with Crippen LogP contribution in [0.3, 0.4) is 0 Å². The van der Waals surface area contributed by atoms with Crippen molar-refractivity contribution in [3.8, 4) is 0 Å². The first-order valence-corrected chi connectivity index (χ1v) is 8.95. The molecule has 0 aromatic carbocycles. The van der Waals surface area contributed by atoms with Crippen LogP contribution < -0.4 is 5.32 Å². The largest absolute Gasteiger partial charge is 0.310 e. The summed E-state index contributed by atoms with van der Waals surface area (Å²) in [5.41, 5.74) is 0. The number of unbranched alkanes of at least 4 members (excludes halogenated alkanes) is 9. The number of nitrogens with zero attached hydrogens (tertiary/aromatic N) is 3. The molecular weight excluding hydrogens is 260 g/mol. The highest BCUT2D eigenvalue weighted by Gasteiger charge is 1.99. The third-order valence-electron chi connectivity index (χ3n) is 3.86. The summed E-state index contributed by atoms with van der Waals surface area (Å²) in [7, 11) is 0. The Morgan fingerprint density at radius 1 is 0.905 bits per heavy atom. The zero-order valence-corrected chi connectivity index (χ0v) is 14.1. The molecule has 0 spiro atoms. The van der Waals surface area contributed by atoms with Crippen LogP contribution in [0.1, 0.15) is 83.9 Å². The van der Waals surface area contributed by atoms with Gasteiger partial charge in [-0.1, -0.05) is 71.6 Å². The first-order valence-electron chi connectivity index (χ1n) is 8.95. The molecule has 0 amide bonds. The van der Waals surface area contributed by atoms with Crippen molar-refractivity contribution >= 4 is 0 Å². The Morgan fingerprint density at radius 3 is 2.14 bits per heavy atom. The monoisotopic (exact) mass is 294 g/mol. The van der Waals surface area contributed by atoms with Gasteiger partial charge in [-0.3, -0.25) is 4.68 Å². The van der Waals surface area contributed by atoms with Crippen molar-refractivity contribution in [3.05, 3.63) is 12.2 Å². The van der Waals surface area contributed by atoms with E-state index in [4.69, 9.17) is 0 Å². The van der Waals surface area contributed by atoms with E-state index < -0.39 is 0 Å². The highest BCUT2D eigenvalue weighted by atomic mass is 15.3. The number of nitrogens with one attached hydrogen (secondary N) is 1. The third kappa shape index (κ3) is 9.62. The molecule has 0 aliphatic rings. The second-order valence-electron chi connectivity index (χ2n) is 5.89. The van der Waals surface area contributed by atoms with Crippen molar-refractivity contribution in [2.75, 3.05) is 6.54 Å². The maximum Gasteiger partial charge on any atom is 0.164 e. The molecular formula is C17H34N4. The van der Waals surface area contributed by atoms with Gasteiger partial charge >= 0.3 is 0 Å². The first-order chi connectivity index (χ1) is 10.4. The van der Waals surface area contributed by atoms with Crippen molar-refractivity contribution in [1.29, 1.82) is 0 Å². The van der Waals surface area contributed by atoms with E-state index in [0.29, 0.717) is 0 Å². The number of hydrogen-bond acceptors (Lipinski definition) is 3. The molecule has 21 heavy (non-hydrogen) atoms. The SMILES string of the molecule is CCCCCCCCCCCCn1cnc(CNCC)n1. The average molecular weight is 294 g/mol. The van der Waals surface area contributed by atoms with Gasteiger partial charge in [0, 0.05) is 6.54 Å². The van der Waals surface area contributed by atoms with E-state index in [9.17, 15) is 0 Å². The van der Waals surface area contributed by atoms with E-state index in [1.54, 1.807) is 0 Å². The lowest BCUT2D eigenvalue weighted by molar-refractivity contribution is 0.511. The van der Waals surface area contributed by atoms with Crippen LogP contribution in [0.5, 0.6) is 0 Å². The summed E-state index contributed by atoms with van der Waals surface area (Å²) in [4.78, 5) is 4.31. The molecule has 1 aromatic heterocycles. The highest BCUT2D eigenvalue weighted by molar-refractivity contribution is 4.80. The summed E-state index contributed by atoms with van der Waals surface area (Å²) in [6.07, 6.45) is 15.6. The van der Waals surface area contributed by atoms with Crippen LogP contribution in [0.2, 0.25) is 0 Å². The Hall–Kier alpha value is -0.900. The predicted octanol–water partition coefficient (Wildman–Crippen LogP) is 4.31. The Bertz CT molecular complexity index is 335. The topological polar surface area (TPSA) is 42.7 Å². The molecule has 0 aliphatic carbocycles. The second kappa shape index (κ2) is 12.8. The zero-order chi connectivity index (χ0) is 15.2. The maximum absolute atomic E-state index is 4.47. The second-order valence-corrected chi connectivity index (χ2v) is 5.89. The van der Waals surface area contributed by atoms with Gasteiger partial charge in [-0.15, -0.1) is 0 Å². The average Bonchev–Trinajstić information content (AvgIpc) is 2.95. The van der Waals surface area contributed by atoms with Crippen LogP contribution in [-0.2, 0) is 13.1 Å². The summed E-state index contributed by atoms with van der Waals surface area (Å²) < 4.78 is 1.98. The number of aromatic nitrogens is 3. The van der Waals surface area contributed by atoms with Crippen LogP contribution in [0.4, 0.5) is 0 Å². The van der Waals surface area contributed by atoms with Gasteiger partial charge in [-0.25, -0.2) is 4.98 Å². The van der Waals surface area contributed by atoms with Gasteiger partial charge < -0.3 is 5.32 Å². The van der Waals surface area contributed by atoms with Gasteiger partial charge in [-0.2, -0.15) is 5.10 Å². The molecule has 0 aliphatic heterocycles. The molecule has 4 nitrogen and oxygen atoms in total. The molecule has 122 valence electrons. The summed E-state index contributed by atoms with van der Waals surface area (Å²) in [5.74, 6) is 0.906. The molecule has 0 radical (unpaired) electrons. The lowest BCUT2D eigenvalue weighted by atomic mass is 10.1. The Labute approximate surface area is 130 Å². The van der Waals surface area contributed by atoms with Crippen molar-refractivity contribution in [3.63, 3.8) is 0 Å². The van der Waals surface area contributed by atoms with E-state index >= 15 is 0 Å². The molecule has 0 saturated heterocycles. The van der Waals surface area contributed by atoms with E-state index in [1.165, 1.54) is 64.2 Å². The van der Waals surface area contributed by atoms with Gasteiger partial charge in [0.15, 0.2) is 5.82 Å². The smallest absolute Gasteiger partial charge is 0.164 e. The van der Waals surface area contributed by atoms with E-state index in [-0.39, 0.29) is 0 Å². The number of hydrogen-bond donors (Lipinski definition) is 1. The van der Waals surface area contributed by atoms with E-state index in [2.05, 4.69) is 29.2 Å². The molecule has 1 N–H and O–H groups in total. The van der Waals surface area contributed by atoms with Crippen LogP contribution in [0.25, 0.3) is 0 Å². The van der Waals surface area contributed by atoms with E-state index in [1.807, 2.05) is 11.0 Å². The summed E-state index contributed by atoms with van der Waals surface area (Å²) in [5, 5.41) is 7.71. The molecule has 1 rings (SSSR count). The quantitative estimate of drug-likeness (QED) is 0.520. The fourth-order valence-corrected chi connectivity index (χ4v) is 2.52. The standard InChI is InChI=1S/C17H34N4/c1-3-5-6-7-8-9-10-11-12-13-14-21-16-19-17(20-21)15-18-4-2/h16,18H,3-15H2,1-2H3. The molecule has 4 heteroatoms. The molecule has 0 bridgehead atoms. The van der Waals surface area contributed by atoms with Gasteiger partial charge in [0.1, 0.15) is 6.33 Å². The Balaban J connectivity index is 1.91. The van der Waals surface area contributed by atoms with Crippen LogP contribution in [-0.4, -0.2) is 21.3 Å². The van der Waals surface area contributed by atoms with Gasteiger partial charge in [0.05, 0.1) is 6.54 Å². The minimum absolute atomic E-state index is 0.779. The van der Waals surface area contributed by atoms with Crippen LogP contribution in [0.15, 0.2) is 6.33 Å². The fourth-order valence-electron chi connectivity index (χ4n) is 2.52. The Morgan fingerprint density at radius 2 is 1.52 bits per heavy atom.